The minimum atomic E-state index is -2.88. The Kier molecular flexibility index (Phi) is 4.10. The highest BCUT2D eigenvalue weighted by Crippen LogP contribution is 2.38. The van der Waals surface area contributed by atoms with Crippen molar-refractivity contribution in [2.45, 2.75) is 12.1 Å². The summed E-state index contributed by atoms with van der Waals surface area (Å²) in [6.07, 6.45) is -0.292. The first-order valence-corrected chi connectivity index (χ1v) is 5.09. The molecule has 0 aromatic carbocycles. The van der Waals surface area contributed by atoms with Gasteiger partial charge < -0.3 is 19.9 Å². The molecule has 76 valence electrons. The topological polar surface area (TPSA) is 112 Å². The molecule has 0 aliphatic rings. The Balaban J connectivity index is 4.91. The van der Waals surface area contributed by atoms with Crippen LogP contribution in [0.15, 0.2) is 0 Å². The summed E-state index contributed by atoms with van der Waals surface area (Å²) in [7, 11) is -2.88. The summed E-state index contributed by atoms with van der Waals surface area (Å²) >= 11 is 0. The predicted octanol–water partition coefficient (Wildman–Crippen LogP) is -0.534. The standard InChI is InChI=1S/C6H11O6P/c1-6(4(8)9,5(10)11)13(12)3-2-7/h7,13H,2-3H2,1H3,(H,8,9)(H,10,11). The van der Waals surface area contributed by atoms with E-state index in [2.05, 4.69) is 0 Å². The van der Waals surface area contributed by atoms with Gasteiger partial charge in [-0.25, -0.2) is 0 Å². The first-order valence-electron chi connectivity index (χ1n) is 3.48. The van der Waals surface area contributed by atoms with E-state index in [4.69, 9.17) is 15.3 Å². The third kappa shape index (κ3) is 2.29. The second-order valence-electron chi connectivity index (χ2n) is 2.63. The van der Waals surface area contributed by atoms with E-state index in [1.807, 2.05) is 0 Å². The molecular weight excluding hydrogens is 199 g/mol. The number of carboxylic acids is 2. The zero-order chi connectivity index (χ0) is 10.6. The zero-order valence-electron chi connectivity index (χ0n) is 6.98. The SMILES string of the molecule is CC(C(=O)O)(C(=O)O)[PH](=O)CCO. The second-order valence-corrected chi connectivity index (χ2v) is 4.98. The minimum absolute atomic E-state index is 0.292. The van der Waals surface area contributed by atoms with E-state index in [1.165, 1.54) is 0 Å². The van der Waals surface area contributed by atoms with Crippen LogP contribution in [0.1, 0.15) is 6.92 Å². The molecular formula is C6H11O6P. The van der Waals surface area contributed by atoms with E-state index in [0.717, 1.165) is 6.92 Å². The van der Waals surface area contributed by atoms with Gasteiger partial charge in [0.25, 0.3) is 0 Å². The Morgan fingerprint density at radius 2 is 1.69 bits per heavy atom. The molecule has 1 unspecified atom stereocenters. The number of rotatable bonds is 5. The van der Waals surface area contributed by atoms with Crippen molar-refractivity contribution < 1.29 is 29.5 Å². The normalized spacial score (nSPS) is 13.7. The highest BCUT2D eigenvalue weighted by Gasteiger charge is 2.46. The third-order valence-corrected chi connectivity index (χ3v) is 3.97. The largest absolute Gasteiger partial charge is 0.480 e. The minimum Gasteiger partial charge on any atom is -0.480 e. The molecule has 3 N–H and O–H groups in total. The molecule has 13 heavy (non-hydrogen) atoms. The Bertz CT molecular complexity index is 234. The van der Waals surface area contributed by atoms with Crippen LogP contribution in [-0.2, 0) is 14.2 Å². The van der Waals surface area contributed by atoms with Gasteiger partial charge in [-0.3, -0.25) is 9.59 Å². The van der Waals surface area contributed by atoms with Crippen molar-refractivity contribution in [2.75, 3.05) is 12.8 Å². The van der Waals surface area contributed by atoms with Crippen molar-refractivity contribution in [3.05, 3.63) is 0 Å². The van der Waals surface area contributed by atoms with Gasteiger partial charge in [-0.05, 0) is 6.92 Å². The van der Waals surface area contributed by atoms with Crippen molar-refractivity contribution in [1.29, 1.82) is 0 Å². The van der Waals surface area contributed by atoms with Gasteiger partial charge in [0.1, 0.15) is 7.80 Å². The fraction of sp³-hybridized carbons (Fsp3) is 0.667. The summed E-state index contributed by atoms with van der Waals surface area (Å²) in [4.78, 5) is 21.1. The van der Waals surface area contributed by atoms with Crippen LogP contribution in [0, 0.1) is 0 Å². The van der Waals surface area contributed by atoms with Crippen LogP contribution in [0.25, 0.3) is 0 Å². The van der Waals surface area contributed by atoms with Gasteiger partial charge in [0, 0.05) is 12.8 Å². The first kappa shape index (κ1) is 12.1. The van der Waals surface area contributed by atoms with Gasteiger partial charge in [0.2, 0.25) is 5.16 Å². The van der Waals surface area contributed by atoms with Crippen LogP contribution in [0.3, 0.4) is 0 Å². The van der Waals surface area contributed by atoms with Crippen LogP contribution in [0.2, 0.25) is 0 Å². The number of aliphatic hydroxyl groups excluding tert-OH is 1. The number of aliphatic carboxylic acids is 2. The molecule has 1 atom stereocenters. The summed E-state index contributed by atoms with van der Waals surface area (Å²) in [5.74, 6) is -3.28. The van der Waals surface area contributed by atoms with Crippen LogP contribution in [0.4, 0.5) is 0 Å². The van der Waals surface area contributed by atoms with Gasteiger partial charge in [0.05, 0.1) is 0 Å². The third-order valence-electron chi connectivity index (χ3n) is 1.75. The highest BCUT2D eigenvalue weighted by atomic mass is 31.1. The van der Waals surface area contributed by atoms with E-state index in [1.54, 1.807) is 0 Å². The summed E-state index contributed by atoms with van der Waals surface area (Å²) < 4.78 is 11.2. The Morgan fingerprint density at radius 3 is 1.92 bits per heavy atom. The van der Waals surface area contributed by atoms with Crippen LogP contribution in [-0.4, -0.2) is 45.2 Å². The summed E-state index contributed by atoms with van der Waals surface area (Å²) in [6, 6.07) is 0. The molecule has 0 aromatic heterocycles. The number of carboxylic acid groups (broad SMARTS) is 2. The molecule has 0 saturated carbocycles. The maximum Gasteiger partial charge on any atom is 0.328 e. The lowest BCUT2D eigenvalue weighted by molar-refractivity contribution is -0.151. The molecule has 0 amide bonds. The lowest BCUT2D eigenvalue weighted by atomic mass is 10.2. The van der Waals surface area contributed by atoms with Crippen molar-refractivity contribution in [1.82, 2.24) is 0 Å². The number of aliphatic hydroxyl groups is 1. The zero-order valence-corrected chi connectivity index (χ0v) is 7.98. The van der Waals surface area contributed by atoms with E-state index in [-0.39, 0.29) is 6.16 Å². The average molecular weight is 210 g/mol. The Hall–Kier alpha value is -0.870. The molecule has 0 aromatic rings. The molecule has 0 fully saturated rings. The van der Waals surface area contributed by atoms with Gasteiger partial charge in [-0.1, -0.05) is 0 Å². The Morgan fingerprint density at radius 1 is 1.31 bits per heavy atom. The quantitative estimate of drug-likeness (QED) is 0.415. The van der Waals surface area contributed by atoms with E-state index < -0.39 is 31.5 Å². The second kappa shape index (κ2) is 4.39. The van der Waals surface area contributed by atoms with Gasteiger partial charge >= 0.3 is 11.9 Å². The van der Waals surface area contributed by atoms with Crippen molar-refractivity contribution in [3.8, 4) is 0 Å². The van der Waals surface area contributed by atoms with E-state index in [0.29, 0.717) is 0 Å². The summed E-state index contributed by atoms with van der Waals surface area (Å²) in [5.41, 5.74) is 0. The highest BCUT2D eigenvalue weighted by molar-refractivity contribution is 7.49. The molecule has 0 aliphatic carbocycles. The Labute approximate surface area is 75.0 Å². The summed E-state index contributed by atoms with van der Waals surface area (Å²) in [6.45, 7) is 0.405. The fourth-order valence-corrected chi connectivity index (χ4v) is 1.86. The molecule has 7 heteroatoms. The van der Waals surface area contributed by atoms with Crippen LogP contribution >= 0.6 is 7.80 Å². The molecule has 0 aliphatic heterocycles. The van der Waals surface area contributed by atoms with E-state index >= 15 is 0 Å². The maximum atomic E-state index is 11.2. The fourth-order valence-electron chi connectivity index (χ4n) is 0.682. The van der Waals surface area contributed by atoms with E-state index in [9.17, 15) is 14.2 Å². The van der Waals surface area contributed by atoms with Crippen molar-refractivity contribution in [2.24, 2.45) is 0 Å². The van der Waals surface area contributed by atoms with Crippen LogP contribution in [0.5, 0.6) is 0 Å². The molecule has 0 saturated heterocycles. The van der Waals surface area contributed by atoms with Gasteiger partial charge in [-0.2, -0.15) is 0 Å². The smallest absolute Gasteiger partial charge is 0.328 e. The molecule has 0 spiro atoms. The van der Waals surface area contributed by atoms with Gasteiger partial charge in [0.15, 0.2) is 0 Å². The van der Waals surface area contributed by atoms with Crippen LogP contribution < -0.4 is 0 Å². The number of carbonyl (C=O) groups is 2. The monoisotopic (exact) mass is 210 g/mol. The molecule has 6 nitrogen and oxygen atoms in total. The molecule has 0 bridgehead atoms. The lowest BCUT2D eigenvalue weighted by Gasteiger charge is -2.18. The summed E-state index contributed by atoms with van der Waals surface area (Å²) in [5, 5.41) is 23.3. The molecule has 0 rings (SSSR count). The van der Waals surface area contributed by atoms with Crippen molar-refractivity contribution >= 4 is 19.7 Å². The average Bonchev–Trinajstić information content (AvgIpc) is 2.02. The number of hydrogen-bond donors (Lipinski definition) is 3. The predicted molar refractivity (Wildman–Crippen MR) is 44.6 cm³/mol. The van der Waals surface area contributed by atoms with Gasteiger partial charge in [-0.15, -0.1) is 0 Å². The molecule has 0 radical (unpaired) electrons. The lowest BCUT2D eigenvalue weighted by Crippen LogP contribution is -2.40. The van der Waals surface area contributed by atoms with Crippen molar-refractivity contribution in [3.63, 3.8) is 0 Å². The maximum absolute atomic E-state index is 11.2. The first-order chi connectivity index (χ1) is 5.87. The molecule has 0 heterocycles. The number of hydrogen-bond acceptors (Lipinski definition) is 4.